The van der Waals surface area contributed by atoms with Crippen molar-refractivity contribution in [2.24, 2.45) is 0 Å². The van der Waals surface area contributed by atoms with Gasteiger partial charge in [-0.05, 0) is 54.4 Å². The molecule has 18 heteroatoms. The van der Waals surface area contributed by atoms with Gasteiger partial charge in [-0.1, -0.05) is 62.3 Å². The minimum Gasteiger partial charge on any atom is -0.425 e. The van der Waals surface area contributed by atoms with Crippen molar-refractivity contribution in [1.82, 2.24) is 0 Å². The van der Waals surface area contributed by atoms with E-state index in [9.17, 15) is 0 Å². The van der Waals surface area contributed by atoms with Crippen LogP contribution in [-0.2, 0) is 37.0 Å². The normalized spacial score (nSPS) is 28.8. The van der Waals surface area contributed by atoms with Crippen molar-refractivity contribution < 1.29 is 37.0 Å². The summed E-state index contributed by atoms with van der Waals surface area (Å²) in [5, 5.41) is 0. The third-order valence-corrected chi connectivity index (χ3v) is 36.8. The molecule has 9 nitrogen and oxygen atoms in total. The van der Waals surface area contributed by atoms with Crippen molar-refractivity contribution in [3.8, 4) is 0 Å². The minimum atomic E-state index is -2.60. The van der Waals surface area contributed by atoms with Crippen molar-refractivity contribution in [2.75, 3.05) is 0 Å². The van der Waals surface area contributed by atoms with Gasteiger partial charge in [0.15, 0.2) is 0 Å². The molecule has 0 aliphatic carbocycles. The molecule has 0 bridgehead atoms. The highest BCUT2D eigenvalue weighted by Gasteiger charge is 2.53. The van der Waals surface area contributed by atoms with Crippen LogP contribution in [0.2, 0.25) is 54.4 Å². The van der Waals surface area contributed by atoms with Crippen LogP contribution in [0, 0.1) is 0 Å². The van der Waals surface area contributed by atoms with Gasteiger partial charge in [0, 0.05) is 0 Å². The number of hydrogen-bond acceptors (Lipinski definition) is 9. The lowest BCUT2D eigenvalue weighted by atomic mass is 10.9. The molecule has 216 valence electrons. The molecule has 1 rings (SSSR count). The lowest BCUT2D eigenvalue weighted by molar-refractivity contribution is 0.248. The van der Waals surface area contributed by atoms with Gasteiger partial charge in [0.2, 0.25) is 0 Å². The van der Waals surface area contributed by atoms with Crippen molar-refractivity contribution in [3.05, 3.63) is 0 Å². The zero-order chi connectivity index (χ0) is 27.1. The van der Waals surface area contributed by atoms with Crippen molar-refractivity contribution in [3.63, 3.8) is 0 Å². The predicted molar refractivity (Wildman–Crippen MR) is 168 cm³/mol. The highest BCUT2D eigenvalue weighted by atomic mass is 28.5. The Morgan fingerprint density at radius 2 is 0.861 bits per heavy atom. The molecule has 0 amide bonds. The zero-order valence-corrected chi connectivity index (χ0v) is 35.3. The molecule has 1 atom stereocenters. The largest absolute Gasteiger partial charge is 0.425 e. The number of hydrogen-bond donors (Lipinski definition) is 0. The Morgan fingerprint density at radius 3 is 1.31 bits per heavy atom. The molecular weight excluding hydrogens is 613 g/mol. The zero-order valence-electron chi connectivity index (χ0n) is 24.4. The first kappa shape index (κ1) is 35.6. The molecule has 0 N–H and O–H groups in total. The summed E-state index contributed by atoms with van der Waals surface area (Å²) >= 11 is 0. The van der Waals surface area contributed by atoms with Gasteiger partial charge in [-0.15, -0.1) is 0 Å². The van der Waals surface area contributed by atoms with Crippen LogP contribution in [0.25, 0.3) is 0 Å². The number of rotatable bonds is 9. The maximum absolute atomic E-state index is 7.32. The smallest absolute Gasteiger partial charge is 0.320 e. The Morgan fingerprint density at radius 1 is 0.472 bits per heavy atom. The first-order valence-electron chi connectivity index (χ1n) is 14.0. The molecule has 0 aromatic carbocycles. The van der Waals surface area contributed by atoms with Crippen molar-refractivity contribution >= 4 is 83.6 Å². The fraction of sp³-hybridized carbons (Fsp3) is 1.00. The van der Waals surface area contributed by atoms with Crippen LogP contribution in [0.1, 0.15) is 62.3 Å². The second kappa shape index (κ2) is 18.1. The van der Waals surface area contributed by atoms with E-state index in [1.807, 2.05) is 0 Å². The molecule has 0 aromatic heterocycles. The molecule has 0 aromatic rings. The lowest BCUT2D eigenvalue weighted by Crippen LogP contribution is -2.63. The summed E-state index contributed by atoms with van der Waals surface area (Å²) in [7, 11) is -16.4. The fourth-order valence-corrected chi connectivity index (χ4v) is 38.9. The van der Waals surface area contributed by atoms with Gasteiger partial charge in [-0.3, -0.25) is 0 Å². The Kier molecular flexibility index (Phi) is 17.9. The Hall–Kier alpha value is 1.59. The maximum atomic E-state index is 7.32. The molecule has 1 saturated heterocycles. The Bertz CT molecular complexity index is 580. The first-order chi connectivity index (χ1) is 17.2. The van der Waals surface area contributed by atoms with E-state index in [4.69, 9.17) is 37.0 Å². The quantitative estimate of drug-likeness (QED) is 0.345. The molecule has 1 unspecified atom stereocenters. The van der Waals surface area contributed by atoms with Crippen LogP contribution in [-0.4, -0.2) is 83.6 Å². The van der Waals surface area contributed by atoms with Crippen LogP contribution in [0.3, 0.4) is 0 Å². The van der Waals surface area contributed by atoms with Gasteiger partial charge in [-0.25, -0.2) is 0 Å². The van der Waals surface area contributed by atoms with Crippen molar-refractivity contribution in [1.29, 1.82) is 0 Å². The van der Waals surface area contributed by atoms with Crippen molar-refractivity contribution in [2.45, 2.75) is 117 Å². The SMILES string of the molecule is CC[SiH]1O[SiH2]O[SiH2]O[SiH2]O[SiH2]O[Si](CC)(CC)O[Si](CC)(CC)O[Si](CC)(CC)O[Si](CC)(CC)O1. The molecule has 1 aliphatic heterocycles. The van der Waals surface area contributed by atoms with Crippen LogP contribution >= 0.6 is 0 Å². The average Bonchev–Trinajstić information content (AvgIpc) is 2.93. The molecular formula is C18H54O9Si9. The summed E-state index contributed by atoms with van der Waals surface area (Å²) in [6.07, 6.45) is 0. The van der Waals surface area contributed by atoms with Gasteiger partial charge < -0.3 is 37.0 Å². The minimum absolute atomic E-state index is 0.886. The summed E-state index contributed by atoms with van der Waals surface area (Å²) in [4.78, 5) is 0. The standard InChI is InChI=1S/C18H54O9Si9/c1-10-32-22-30-20-28-19-29-21-31-23-33(11-2,12-3)25-35(15-6,16-7)27-36(17-8,18-9)26-34(13-4,14-5)24-32/h32H,10-18,28-31H2,1-9H3. The molecule has 1 heterocycles. The highest BCUT2D eigenvalue weighted by Crippen LogP contribution is 2.37. The van der Waals surface area contributed by atoms with E-state index in [0.29, 0.717) is 0 Å². The predicted octanol–water partition coefficient (Wildman–Crippen LogP) is 2.31. The first-order valence-corrected chi connectivity index (χ1v) is 29.3. The molecule has 36 heavy (non-hydrogen) atoms. The van der Waals surface area contributed by atoms with E-state index < -0.39 is 83.6 Å². The monoisotopic (exact) mass is 666 g/mol. The van der Waals surface area contributed by atoms with Crippen LogP contribution < -0.4 is 0 Å². The highest BCUT2D eigenvalue weighted by molar-refractivity contribution is 6.91. The third-order valence-electron chi connectivity index (χ3n) is 7.18. The Balaban J connectivity index is 3.45. The van der Waals surface area contributed by atoms with Crippen LogP contribution in [0.5, 0.6) is 0 Å². The van der Waals surface area contributed by atoms with Crippen LogP contribution in [0.4, 0.5) is 0 Å². The summed E-state index contributed by atoms with van der Waals surface area (Å²) in [5.74, 6) is 0. The van der Waals surface area contributed by atoms with Gasteiger partial charge in [-0.2, -0.15) is 0 Å². The lowest BCUT2D eigenvalue weighted by Gasteiger charge is -2.47. The Labute approximate surface area is 236 Å². The summed E-state index contributed by atoms with van der Waals surface area (Å²) < 4.78 is 58.9. The molecule has 0 spiro atoms. The summed E-state index contributed by atoms with van der Waals surface area (Å²) in [6.45, 7) is 19.8. The molecule has 1 fully saturated rings. The van der Waals surface area contributed by atoms with Gasteiger partial charge in [0.05, 0.1) is 0 Å². The third kappa shape index (κ3) is 10.5. The van der Waals surface area contributed by atoms with E-state index in [2.05, 4.69) is 62.3 Å². The van der Waals surface area contributed by atoms with Crippen LogP contribution in [0.15, 0.2) is 0 Å². The molecule has 1 aliphatic rings. The fourth-order valence-electron chi connectivity index (χ4n) is 4.32. The second-order valence-electron chi connectivity index (χ2n) is 9.13. The second-order valence-corrected chi connectivity index (χ2v) is 35.5. The summed E-state index contributed by atoms with van der Waals surface area (Å²) in [5.41, 5.74) is 0. The van der Waals surface area contributed by atoms with Gasteiger partial charge >= 0.3 is 43.5 Å². The van der Waals surface area contributed by atoms with E-state index in [-0.39, 0.29) is 0 Å². The van der Waals surface area contributed by atoms with E-state index in [1.165, 1.54) is 0 Å². The topological polar surface area (TPSA) is 83.1 Å². The molecule has 0 radical (unpaired) electrons. The summed E-state index contributed by atoms with van der Waals surface area (Å²) in [6, 6.07) is 8.02. The van der Waals surface area contributed by atoms with E-state index >= 15 is 0 Å². The van der Waals surface area contributed by atoms with E-state index in [0.717, 1.165) is 54.4 Å². The van der Waals surface area contributed by atoms with E-state index in [1.54, 1.807) is 0 Å². The molecule has 0 saturated carbocycles. The van der Waals surface area contributed by atoms with Gasteiger partial charge in [0.1, 0.15) is 0 Å². The average molecular weight is 667 g/mol. The van der Waals surface area contributed by atoms with Gasteiger partial charge in [0.25, 0.3) is 40.0 Å². The maximum Gasteiger partial charge on any atom is 0.320 e.